The summed E-state index contributed by atoms with van der Waals surface area (Å²) < 4.78 is 13.0. The number of rotatable bonds is 10. The zero-order chi connectivity index (χ0) is 24.3. The summed E-state index contributed by atoms with van der Waals surface area (Å²) in [5.41, 5.74) is 4.23. The van der Waals surface area contributed by atoms with Crippen molar-refractivity contribution in [3.63, 3.8) is 0 Å². The van der Waals surface area contributed by atoms with Crippen LogP contribution in [0.25, 0.3) is 10.9 Å². The summed E-state index contributed by atoms with van der Waals surface area (Å²) in [4.78, 5) is 6.08. The van der Waals surface area contributed by atoms with Crippen molar-refractivity contribution in [2.45, 2.75) is 33.2 Å². The first kappa shape index (κ1) is 25.2. The zero-order valence-corrected chi connectivity index (χ0v) is 21.8. The SMILES string of the molecule is CC(C)COCN1CCc2c([nH]c3ccc(Br)cc23)C1c1ccc(OCC(C)(CO)CO)cc1. The number of nitrogens with zero attached hydrogens (tertiary/aromatic N) is 1. The molecule has 7 heteroatoms. The largest absolute Gasteiger partial charge is 0.493 e. The van der Waals surface area contributed by atoms with E-state index >= 15 is 0 Å². The Hall–Kier alpha value is -1.90. The van der Waals surface area contributed by atoms with Gasteiger partial charge in [0.2, 0.25) is 0 Å². The summed E-state index contributed by atoms with van der Waals surface area (Å²) >= 11 is 3.62. The van der Waals surface area contributed by atoms with Gasteiger partial charge in [0.25, 0.3) is 0 Å². The highest BCUT2D eigenvalue weighted by molar-refractivity contribution is 9.10. The van der Waals surface area contributed by atoms with Crippen LogP contribution in [0.1, 0.15) is 43.6 Å². The number of aliphatic hydroxyl groups is 2. The minimum atomic E-state index is -0.667. The second kappa shape index (κ2) is 10.8. The topological polar surface area (TPSA) is 78.0 Å². The van der Waals surface area contributed by atoms with E-state index in [0.29, 0.717) is 12.6 Å². The Labute approximate surface area is 210 Å². The number of fused-ring (bicyclic) bond motifs is 3. The molecule has 4 rings (SSSR count). The molecule has 0 radical (unpaired) electrons. The van der Waals surface area contributed by atoms with E-state index in [-0.39, 0.29) is 25.9 Å². The van der Waals surface area contributed by atoms with Crippen molar-refractivity contribution >= 4 is 26.8 Å². The van der Waals surface area contributed by atoms with Crippen LogP contribution in [0.4, 0.5) is 0 Å². The fraction of sp³-hybridized carbons (Fsp3) is 0.481. The Morgan fingerprint density at radius 3 is 2.56 bits per heavy atom. The number of aliphatic hydroxyl groups excluding tert-OH is 2. The quantitative estimate of drug-likeness (QED) is 0.348. The molecule has 3 aromatic rings. The second-order valence-corrected chi connectivity index (χ2v) is 11.0. The zero-order valence-electron chi connectivity index (χ0n) is 20.2. The van der Waals surface area contributed by atoms with E-state index in [0.717, 1.165) is 35.3 Å². The third-order valence-corrected chi connectivity index (χ3v) is 6.94. The summed E-state index contributed by atoms with van der Waals surface area (Å²) in [6.45, 7) is 8.34. The lowest BCUT2D eigenvalue weighted by Gasteiger charge is -2.36. The average molecular weight is 531 g/mol. The Bertz CT molecular complexity index is 1090. The Morgan fingerprint density at radius 2 is 1.88 bits per heavy atom. The van der Waals surface area contributed by atoms with Crippen LogP contribution in [0.15, 0.2) is 46.9 Å². The monoisotopic (exact) mass is 530 g/mol. The summed E-state index contributed by atoms with van der Waals surface area (Å²) in [6, 6.07) is 14.6. The highest BCUT2D eigenvalue weighted by Gasteiger charge is 2.32. The maximum atomic E-state index is 9.52. The molecule has 0 saturated heterocycles. The van der Waals surface area contributed by atoms with Gasteiger partial charge in [-0.1, -0.05) is 48.8 Å². The standard InChI is InChI=1S/C27H35BrN2O4/c1-18(2)13-33-17-30-11-10-22-23-12-20(28)6-9-24(23)29-25(22)26(30)19-4-7-21(8-5-19)34-16-27(3,14-31)15-32/h4-9,12,18,26,29,31-32H,10-11,13-17H2,1-3H3. The number of hydrogen-bond donors (Lipinski definition) is 3. The van der Waals surface area contributed by atoms with Crippen molar-refractivity contribution < 1.29 is 19.7 Å². The van der Waals surface area contributed by atoms with Gasteiger partial charge in [-0.25, -0.2) is 0 Å². The van der Waals surface area contributed by atoms with Gasteiger partial charge in [0, 0.05) is 33.0 Å². The van der Waals surface area contributed by atoms with Gasteiger partial charge in [-0.15, -0.1) is 0 Å². The molecule has 0 bridgehead atoms. The van der Waals surface area contributed by atoms with Crippen LogP contribution in [-0.4, -0.2) is 59.8 Å². The first-order valence-electron chi connectivity index (χ1n) is 11.9. The van der Waals surface area contributed by atoms with Crippen LogP contribution in [0.3, 0.4) is 0 Å². The number of halogens is 1. The van der Waals surface area contributed by atoms with Gasteiger partial charge in [-0.05, 0) is 53.8 Å². The maximum absolute atomic E-state index is 9.52. The molecular formula is C27H35BrN2O4. The molecule has 1 atom stereocenters. The molecule has 34 heavy (non-hydrogen) atoms. The van der Waals surface area contributed by atoms with E-state index < -0.39 is 5.41 Å². The summed E-state index contributed by atoms with van der Waals surface area (Å²) in [7, 11) is 0. The van der Waals surface area contributed by atoms with Crippen molar-refractivity contribution in [2.24, 2.45) is 11.3 Å². The first-order valence-corrected chi connectivity index (χ1v) is 12.7. The molecule has 1 aromatic heterocycles. The molecule has 184 valence electrons. The fourth-order valence-corrected chi connectivity index (χ4v) is 4.74. The van der Waals surface area contributed by atoms with Crippen LogP contribution in [0, 0.1) is 11.3 Å². The number of benzene rings is 2. The van der Waals surface area contributed by atoms with Crippen LogP contribution >= 0.6 is 15.9 Å². The van der Waals surface area contributed by atoms with Crippen LogP contribution in [-0.2, 0) is 11.2 Å². The lowest BCUT2D eigenvalue weighted by atomic mass is 9.92. The van der Waals surface area contributed by atoms with Crippen molar-refractivity contribution in [1.29, 1.82) is 0 Å². The van der Waals surface area contributed by atoms with Gasteiger partial charge in [-0.3, -0.25) is 4.90 Å². The minimum absolute atomic E-state index is 0.0521. The molecule has 6 nitrogen and oxygen atoms in total. The van der Waals surface area contributed by atoms with Crippen LogP contribution in [0.5, 0.6) is 5.75 Å². The summed E-state index contributed by atoms with van der Waals surface area (Å²) in [5, 5.41) is 20.3. The van der Waals surface area contributed by atoms with Gasteiger partial charge in [-0.2, -0.15) is 0 Å². The Kier molecular flexibility index (Phi) is 8.00. The third-order valence-electron chi connectivity index (χ3n) is 6.44. The minimum Gasteiger partial charge on any atom is -0.493 e. The van der Waals surface area contributed by atoms with Gasteiger partial charge < -0.3 is 24.7 Å². The molecule has 3 N–H and O–H groups in total. The number of aromatic amines is 1. The predicted octanol–water partition coefficient (Wildman–Crippen LogP) is 4.88. The highest BCUT2D eigenvalue weighted by Crippen LogP contribution is 2.39. The lowest BCUT2D eigenvalue weighted by Crippen LogP contribution is -2.38. The van der Waals surface area contributed by atoms with E-state index in [4.69, 9.17) is 9.47 Å². The van der Waals surface area contributed by atoms with Crippen molar-refractivity contribution in [3.05, 3.63) is 63.8 Å². The molecule has 0 amide bonds. The predicted molar refractivity (Wildman–Crippen MR) is 138 cm³/mol. The smallest absolute Gasteiger partial charge is 0.119 e. The molecule has 0 aliphatic carbocycles. The number of aromatic nitrogens is 1. The molecule has 2 aromatic carbocycles. The van der Waals surface area contributed by atoms with E-state index in [9.17, 15) is 10.2 Å². The van der Waals surface area contributed by atoms with Crippen molar-refractivity contribution in [1.82, 2.24) is 9.88 Å². The second-order valence-electron chi connectivity index (χ2n) is 10.1. The Morgan fingerprint density at radius 1 is 1.15 bits per heavy atom. The van der Waals surface area contributed by atoms with E-state index in [1.165, 1.54) is 22.2 Å². The Balaban J connectivity index is 1.62. The van der Waals surface area contributed by atoms with Crippen LogP contribution in [0.2, 0.25) is 0 Å². The van der Waals surface area contributed by atoms with Crippen molar-refractivity contribution in [3.8, 4) is 5.75 Å². The van der Waals surface area contributed by atoms with Crippen molar-refractivity contribution in [2.75, 3.05) is 39.7 Å². The molecule has 1 aliphatic heterocycles. The summed E-state index contributed by atoms with van der Waals surface area (Å²) in [5.74, 6) is 1.21. The third kappa shape index (κ3) is 5.50. The van der Waals surface area contributed by atoms with Gasteiger partial charge in [0.05, 0.1) is 39.2 Å². The fourth-order valence-electron chi connectivity index (χ4n) is 4.38. The molecule has 2 heterocycles. The van der Waals surface area contributed by atoms with E-state index in [2.05, 4.69) is 70.0 Å². The number of nitrogens with one attached hydrogen (secondary N) is 1. The number of hydrogen-bond acceptors (Lipinski definition) is 5. The number of ether oxygens (including phenoxy) is 2. The normalized spacial score (nSPS) is 16.9. The highest BCUT2D eigenvalue weighted by atomic mass is 79.9. The molecule has 0 spiro atoms. The van der Waals surface area contributed by atoms with Gasteiger partial charge in [0.15, 0.2) is 0 Å². The van der Waals surface area contributed by atoms with Gasteiger partial charge in [0.1, 0.15) is 5.75 Å². The lowest BCUT2D eigenvalue weighted by molar-refractivity contribution is -0.00240. The summed E-state index contributed by atoms with van der Waals surface area (Å²) in [6.07, 6.45) is 0.968. The molecular weight excluding hydrogens is 496 g/mol. The maximum Gasteiger partial charge on any atom is 0.119 e. The molecule has 1 aliphatic rings. The molecule has 1 unspecified atom stereocenters. The molecule has 0 saturated carbocycles. The van der Waals surface area contributed by atoms with E-state index in [1.54, 1.807) is 6.92 Å². The van der Waals surface area contributed by atoms with Gasteiger partial charge >= 0.3 is 0 Å². The van der Waals surface area contributed by atoms with Crippen LogP contribution < -0.4 is 4.74 Å². The average Bonchev–Trinajstić information content (AvgIpc) is 3.20. The number of H-pyrrole nitrogens is 1. The molecule has 0 fully saturated rings. The van der Waals surface area contributed by atoms with E-state index in [1.807, 2.05) is 12.1 Å². The first-order chi connectivity index (χ1) is 16.3.